The third kappa shape index (κ3) is 3.33. The maximum absolute atomic E-state index is 14.3. The van der Waals surface area contributed by atoms with E-state index in [1.54, 1.807) is 18.2 Å². The van der Waals surface area contributed by atoms with E-state index in [4.69, 9.17) is 0 Å². The monoisotopic (exact) mass is 343 g/mol. The molecule has 3 rings (SSSR count). The van der Waals surface area contributed by atoms with Gasteiger partial charge in [-0.15, -0.1) is 0 Å². The number of fused-ring (bicyclic) bond motifs is 1. The molecule has 1 aliphatic rings. The topological polar surface area (TPSA) is 44.4 Å². The Bertz CT molecular complexity index is 845. The summed E-state index contributed by atoms with van der Waals surface area (Å²) < 4.78 is 27.6. The van der Waals surface area contributed by atoms with Crippen LogP contribution in [0.4, 0.5) is 25.8 Å². The van der Waals surface area contributed by atoms with Gasteiger partial charge in [0.1, 0.15) is 11.6 Å². The summed E-state index contributed by atoms with van der Waals surface area (Å²) in [5.41, 5.74) is 2.50. The van der Waals surface area contributed by atoms with Crippen LogP contribution in [0.2, 0.25) is 0 Å². The van der Waals surface area contributed by atoms with Crippen molar-refractivity contribution < 1.29 is 13.6 Å². The quantitative estimate of drug-likeness (QED) is 0.799. The first-order chi connectivity index (χ1) is 12.0. The standard InChI is InChI=1S/C19H19F2N3O/c1-3-24(4-2)18-8-6-13(10-16(18)21)22-11-15-14-7-5-12(20)9-17(14)23-19(15)25/h5-11,22H,3-4H2,1-2H3,(H,23,25)/b15-11+. The summed E-state index contributed by atoms with van der Waals surface area (Å²) in [6.45, 7) is 5.38. The minimum atomic E-state index is -0.415. The lowest BCUT2D eigenvalue weighted by atomic mass is 10.1. The highest BCUT2D eigenvalue weighted by atomic mass is 19.1. The number of carbonyl (C=O) groups excluding carboxylic acids is 1. The Morgan fingerprint density at radius 2 is 1.88 bits per heavy atom. The van der Waals surface area contributed by atoms with E-state index in [0.29, 0.717) is 28.2 Å². The van der Waals surface area contributed by atoms with Crippen LogP contribution in [0, 0.1) is 11.6 Å². The summed E-state index contributed by atoms with van der Waals surface area (Å²) in [4.78, 5) is 14.0. The summed E-state index contributed by atoms with van der Waals surface area (Å²) in [5.74, 6) is -1.07. The highest BCUT2D eigenvalue weighted by Gasteiger charge is 2.24. The summed E-state index contributed by atoms with van der Waals surface area (Å²) >= 11 is 0. The van der Waals surface area contributed by atoms with Crippen LogP contribution in [-0.4, -0.2) is 19.0 Å². The summed E-state index contributed by atoms with van der Waals surface area (Å²) in [7, 11) is 0. The number of amides is 1. The van der Waals surface area contributed by atoms with E-state index >= 15 is 0 Å². The van der Waals surface area contributed by atoms with Gasteiger partial charge in [0.25, 0.3) is 5.91 Å². The molecule has 0 atom stereocenters. The zero-order valence-corrected chi connectivity index (χ0v) is 14.1. The van der Waals surface area contributed by atoms with Gasteiger partial charge in [-0.05, 0) is 50.2 Å². The maximum Gasteiger partial charge on any atom is 0.257 e. The fourth-order valence-electron chi connectivity index (χ4n) is 2.88. The Balaban J connectivity index is 1.83. The van der Waals surface area contributed by atoms with Gasteiger partial charge in [0.05, 0.1) is 16.9 Å². The fourth-order valence-corrected chi connectivity index (χ4v) is 2.88. The number of benzene rings is 2. The highest BCUT2D eigenvalue weighted by molar-refractivity contribution is 6.31. The number of hydrogen-bond acceptors (Lipinski definition) is 3. The van der Waals surface area contributed by atoms with Gasteiger partial charge in [-0.25, -0.2) is 8.78 Å². The van der Waals surface area contributed by atoms with Crippen LogP contribution >= 0.6 is 0 Å². The zero-order valence-electron chi connectivity index (χ0n) is 14.1. The third-order valence-electron chi connectivity index (χ3n) is 4.20. The molecule has 4 nitrogen and oxygen atoms in total. The van der Waals surface area contributed by atoms with Crippen LogP contribution in [-0.2, 0) is 4.79 Å². The first-order valence-corrected chi connectivity index (χ1v) is 8.16. The van der Waals surface area contributed by atoms with Gasteiger partial charge in [-0.2, -0.15) is 0 Å². The molecule has 1 heterocycles. The van der Waals surface area contributed by atoms with Crippen LogP contribution in [0.15, 0.2) is 42.6 Å². The number of nitrogens with one attached hydrogen (secondary N) is 2. The van der Waals surface area contributed by atoms with Crippen LogP contribution in [0.25, 0.3) is 5.57 Å². The molecule has 2 N–H and O–H groups in total. The minimum absolute atomic E-state index is 0.326. The number of carbonyl (C=O) groups is 1. The Labute approximate surface area is 145 Å². The van der Waals surface area contributed by atoms with Crippen molar-refractivity contribution in [2.75, 3.05) is 28.6 Å². The first kappa shape index (κ1) is 17.0. The maximum atomic E-state index is 14.3. The van der Waals surface area contributed by atoms with E-state index in [9.17, 15) is 13.6 Å². The second kappa shape index (κ2) is 6.93. The summed E-state index contributed by atoms with van der Waals surface area (Å²) in [5, 5.41) is 5.55. The van der Waals surface area contributed by atoms with Crippen molar-refractivity contribution in [1.29, 1.82) is 0 Å². The molecule has 2 aromatic carbocycles. The van der Waals surface area contributed by atoms with Gasteiger partial charge in [0.15, 0.2) is 0 Å². The van der Waals surface area contributed by atoms with Crippen molar-refractivity contribution in [2.45, 2.75) is 13.8 Å². The van der Waals surface area contributed by atoms with Crippen molar-refractivity contribution in [2.24, 2.45) is 0 Å². The molecule has 0 fully saturated rings. The number of halogens is 2. The largest absolute Gasteiger partial charge is 0.370 e. The lowest BCUT2D eigenvalue weighted by Crippen LogP contribution is -2.22. The number of anilines is 3. The molecule has 0 saturated carbocycles. The molecule has 0 spiro atoms. The Kier molecular flexibility index (Phi) is 4.70. The van der Waals surface area contributed by atoms with Crippen molar-refractivity contribution in [3.8, 4) is 0 Å². The normalized spacial score (nSPS) is 14.4. The van der Waals surface area contributed by atoms with E-state index in [1.807, 2.05) is 18.7 Å². The average Bonchev–Trinajstić information content (AvgIpc) is 2.90. The molecule has 6 heteroatoms. The van der Waals surface area contributed by atoms with E-state index in [0.717, 1.165) is 13.1 Å². The fraction of sp³-hybridized carbons (Fsp3) is 0.211. The molecule has 0 saturated heterocycles. The molecular weight excluding hydrogens is 324 g/mol. The predicted octanol–water partition coefficient (Wildman–Crippen LogP) is 4.22. The second-order valence-electron chi connectivity index (χ2n) is 5.68. The van der Waals surface area contributed by atoms with Crippen molar-refractivity contribution in [3.05, 3.63) is 59.8 Å². The van der Waals surface area contributed by atoms with Crippen molar-refractivity contribution in [3.63, 3.8) is 0 Å². The van der Waals surface area contributed by atoms with Gasteiger partial charge in [0.2, 0.25) is 0 Å². The molecule has 130 valence electrons. The molecule has 0 aliphatic carbocycles. The lowest BCUT2D eigenvalue weighted by Gasteiger charge is -2.21. The SMILES string of the molecule is CCN(CC)c1ccc(N/C=C2/C(=O)Nc3cc(F)ccc32)cc1F. The molecule has 0 radical (unpaired) electrons. The number of hydrogen-bond donors (Lipinski definition) is 2. The molecule has 0 bridgehead atoms. The smallest absolute Gasteiger partial charge is 0.257 e. The Morgan fingerprint density at radius 3 is 2.56 bits per heavy atom. The molecule has 1 amide bonds. The number of nitrogens with zero attached hydrogens (tertiary/aromatic N) is 1. The van der Waals surface area contributed by atoms with Crippen LogP contribution < -0.4 is 15.5 Å². The van der Waals surface area contributed by atoms with Crippen LogP contribution in [0.3, 0.4) is 0 Å². The molecule has 0 unspecified atom stereocenters. The Morgan fingerprint density at radius 1 is 1.12 bits per heavy atom. The van der Waals surface area contributed by atoms with Gasteiger partial charge in [0, 0.05) is 30.5 Å². The number of rotatable bonds is 5. The minimum Gasteiger partial charge on any atom is -0.370 e. The van der Waals surface area contributed by atoms with E-state index < -0.39 is 5.82 Å². The second-order valence-corrected chi connectivity index (χ2v) is 5.68. The molecule has 25 heavy (non-hydrogen) atoms. The highest BCUT2D eigenvalue weighted by Crippen LogP contribution is 2.32. The van der Waals surface area contributed by atoms with Crippen molar-refractivity contribution in [1.82, 2.24) is 0 Å². The first-order valence-electron chi connectivity index (χ1n) is 8.16. The lowest BCUT2D eigenvalue weighted by molar-refractivity contribution is -0.110. The molecule has 1 aliphatic heterocycles. The van der Waals surface area contributed by atoms with Crippen LogP contribution in [0.1, 0.15) is 19.4 Å². The predicted molar refractivity (Wildman–Crippen MR) is 96.6 cm³/mol. The van der Waals surface area contributed by atoms with E-state index in [2.05, 4.69) is 10.6 Å². The van der Waals surface area contributed by atoms with Gasteiger partial charge >= 0.3 is 0 Å². The van der Waals surface area contributed by atoms with E-state index in [1.165, 1.54) is 24.4 Å². The summed E-state index contributed by atoms with van der Waals surface area (Å²) in [6.07, 6.45) is 1.50. The van der Waals surface area contributed by atoms with E-state index in [-0.39, 0.29) is 11.7 Å². The molecule has 2 aromatic rings. The van der Waals surface area contributed by atoms with Gasteiger partial charge < -0.3 is 15.5 Å². The summed E-state index contributed by atoms with van der Waals surface area (Å²) in [6, 6.07) is 8.97. The molecule has 0 aromatic heterocycles. The Hall–Kier alpha value is -2.89. The zero-order chi connectivity index (χ0) is 18.0. The van der Waals surface area contributed by atoms with Crippen LogP contribution in [0.5, 0.6) is 0 Å². The van der Waals surface area contributed by atoms with Gasteiger partial charge in [-0.1, -0.05) is 0 Å². The average molecular weight is 343 g/mol. The third-order valence-corrected chi connectivity index (χ3v) is 4.20. The molecular formula is C19H19F2N3O. The van der Waals surface area contributed by atoms with Gasteiger partial charge in [-0.3, -0.25) is 4.79 Å². The van der Waals surface area contributed by atoms with Crippen molar-refractivity contribution >= 4 is 28.5 Å².